The Morgan fingerprint density at radius 1 is 1.31 bits per heavy atom. The number of thiophene rings is 1. The number of hydrogen-bond donors (Lipinski definition) is 1. The van der Waals surface area contributed by atoms with Gasteiger partial charge in [0, 0.05) is 11.1 Å². The van der Waals surface area contributed by atoms with Gasteiger partial charge in [-0.2, -0.15) is 0 Å². The molecule has 0 saturated heterocycles. The third-order valence-corrected chi connectivity index (χ3v) is 3.84. The smallest absolute Gasteiger partial charge is 0.148 e. The van der Waals surface area contributed by atoms with Gasteiger partial charge in [0.25, 0.3) is 0 Å². The lowest BCUT2D eigenvalue weighted by Crippen LogP contribution is -1.73. The van der Waals surface area contributed by atoms with Crippen LogP contribution in [0.25, 0.3) is 21.7 Å². The maximum Gasteiger partial charge on any atom is 0.148 e. The molecular formula is C12H11N3S. The molecular weight excluding hydrogens is 218 g/mol. The van der Waals surface area contributed by atoms with Gasteiger partial charge in [0.2, 0.25) is 0 Å². The summed E-state index contributed by atoms with van der Waals surface area (Å²) in [4.78, 5) is 14.4. The molecule has 0 unspecified atom stereocenters. The second-order valence-electron chi connectivity index (χ2n) is 3.83. The highest BCUT2D eigenvalue weighted by Crippen LogP contribution is 2.29. The van der Waals surface area contributed by atoms with Crippen LogP contribution in [0.1, 0.15) is 10.4 Å². The molecule has 0 spiro atoms. The average Bonchev–Trinajstić information content (AvgIpc) is 2.83. The van der Waals surface area contributed by atoms with Gasteiger partial charge in [-0.3, -0.25) is 4.98 Å². The molecule has 80 valence electrons. The molecule has 3 nitrogen and oxygen atoms in total. The van der Waals surface area contributed by atoms with Gasteiger partial charge >= 0.3 is 0 Å². The van der Waals surface area contributed by atoms with Crippen molar-refractivity contribution in [1.29, 1.82) is 0 Å². The number of aryl methyl sites for hydroxylation is 2. The van der Waals surface area contributed by atoms with Crippen molar-refractivity contribution in [2.24, 2.45) is 0 Å². The number of aromatic amines is 1. The van der Waals surface area contributed by atoms with Crippen LogP contribution in [0, 0.1) is 13.8 Å². The van der Waals surface area contributed by atoms with Crippen LogP contribution in [0.15, 0.2) is 24.5 Å². The van der Waals surface area contributed by atoms with E-state index in [4.69, 9.17) is 0 Å². The third kappa shape index (κ3) is 1.42. The molecule has 3 aromatic heterocycles. The number of hydrogen-bond acceptors (Lipinski definition) is 3. The minimum atomic E-state index is 0.934. The lowest BCUT2D eigenvalue weighted by molar-refractivity contribution is 1.33. The van der Waals surface area contributed by atoms with Gasteiger partial charge in [-0.05, 0) is 31.5 Å². The van der Waals surface area contributed by atoms with E-state index in [0.29, 0.717) is 0 Å². The molecule has 3 heterocycles. The van der Waals surface area contributed by atoms with Crippen LogP contribution in [0.2, 0.25) is 0 Å². The first kappa shape index (κ1) is 9.54. The zero-order valence-corrected chi connectivity index (χ0v) is 9.93. The Labute approximate surface area is 97.2 Å². The van der Waals surface area contributed by atoms with Gasteiger partial charge in [-0.1, -0.05) is 0 Å². The number of H-pyrrole nitrogens is 1. The molecule has 16 heavy (non-hydrogen) atoms. The zero-order valence-electron chi connectivity index (χ0n) is 9.11. The van der Waals surface area contributed by atoms with E-state index in [9.17, 15) is 0 Å². The molecule has 0 amide bonds. The van der Waals surface area contributed by atoms with E-state index in [2.05, 4.69) is 34.9 Å². The summed E-state index contributed by atoms with van der Waals surface area (Å²) in [6.07, 6.45) is 3.57. The Kier molecular flexibility index (Phi) is 2.04. The summed E-state index contributed by atoms with van der Waals surface area (Å²) >= 11 is 1.77. The summed E-state index contributed by atoms with van der Waals surface area (Å²) in [5, 5.41) is 0. The number of aromatic nitrogens is 3. The van der Waals surface area contributed by atoms with Crippen LogP contribution < -0.4 is 0 Å². The second-order valence-corrected chi connectivity index (χ2v) is 5.08. The maximum atomic E-state index is 4.55. The molecule has 0 bridgehead atoms. The molecule has 0 atom stereocenters. The molecule has 0 aromatic carbocycles. The number of fused-ring (bicyclic) bond motifs is 1. The van der Waals surface area contributed by atoms with Gasteiger partial charge in [0.15, 0.2) is 0 Å². The monoisotopic (exact) mass is 229 g/mol. The standard InChI is InChI=1S/C12H11N3S/c1-7-5-11(16-8(7)2)12-14-9-3-4-13-6-10(9)15-12/h3-6H,1-2H3,(H,14,15). The topological polar surface area (TPSA) is 41.6 Å². The summed E-state index contributed by atoms with van der Waals surface area (Å²) in [7, 11) is 0. The summed E-state index contributed by atoms with van der Waals surface area (Å²) in [5.74, 6) is 0.934. The van der Waals surface area contributed by atoms with Gasteiger partial charge in [0.05, 0.1) is 22.1 Å². The number of imidazole rings is 1. The second kappa shape index (κ2) is 3.42. The first-order valence-electron chi connectivity index (χ1n) is 5.11. The zero-order chi connectivity index (χ0) is 11.1. The predicted molar refractivity (Wildman–Crippen MR) is 66.7 cm³/mol. The summed E-state index contributed by atoms with van der Waals surface area (Å²) in [5.41, 5.74) is 3.27. The first-order chi connectivity index (χ1) is 7.74. The highest BCUT2D eigenvalue weighted by atomic mass is 32.1. The third-order valence-electron chi connectivity index (χ3n) is 2.68. The van der Waals surface area contributed by atoms with Crippen molar-refractivity contribution in [3.8, 4) is 10.7 Å². The number of rotatable bonds is 1. The molecule has 0 fully saturated rings. The molecule has 0 aliphatic carbocycles. The van der Waals surface area contributed by atoms with E-state index in [1.54, 1.807) is 23.7 Å². The SMILES string of the molecule is Cc1cc(-c2nc3ccncc3[nH]2)sc1C. The quantitative estimate of drug-likeness (QED) is 0.695. The molecule has 3 rings (SSSR count). The molecule has 0 saturated carbocycles. The fraction of sp³-hybridized carbons (Fsp3) is 0.167. The Morgan fingerprint density at radius 2 is 2.19 bits per heavy atom. The Morgan fingerprint density at radius 3 is 2.88 bits per heavy atom. The molecule has 4 heteroatoms. The lowest BCUT2D eigenvalue weighted by atomic mass is 10.3. The van der Waals surface area contributed by atoms with Gasteiger partial charge < -0.3 is 4.98 Å². The maximum absolute atomic E-state index is 4.55. The van der Waals surface area contributed by atoms with Crippen LogP contribution in [0.3, 0.4) is 0 Å². The summed E-state index contributed by atoms with van der Waals surface area (Å²) in [6, 6.07) is 4.09. The number of pyridine rings is 1. The normalized spacial score (nSPS) is 11.1. The molecule has 0 aliphatic rings. The van der Waals surface area contributed by atoms with E-state index in [1.807, 2.05) is 6.07 Å². The van der Waals surface area contributed by atoms with Crippen molar-refractivity contribution in [1.82, 2.24) is 15.0 Å². The fourth-order valence-corrected chi connectivity index (χ4v) is 2.64. The van der Waals surface area contributed by atoms with E-state index >= 15 is 0 Å². The largest absolute Gasteiger partial charge is 0.336 e. The van der Waals surface area contributed by atoms with Gasteiger partial charge in [0.1, 0.15) is 5.82 Å². The van der Waals surface area contributed by atoms with Crippen LogP contribution in [-0.2, 0) is 0 Å². The minimum Gasteiger partial charge on any atom is -0.336 e. The Hall–Kier alpha value is -1.68. The van der Waals surface area contributed by atoms with E-state index in [1.165, 1.54) is 15.3 Å². The highest BCUT2D eigenvalue weighted by molar-refractivity contribution is 7.15. The molecule has 0 radical (unpaired) electrons. The van der Waals surface area contributed by atoms with Gasteiger partial charge in [-0.15, -0.1) is 11.3 Å². The number of nitrogens with zero attached hydrogens (tertiary/aromatic N) is 2. The van der Waals surface area contributed by atoms with E-state index in [0.717, 1.165) is 16.9 Å². The first-order valence-corrected chi connectivity index (χ1v) is 5.93. The van der Waals surface area contributed by atoms with Crippen molar-refractivity contribution in [3.05, 3.63) is 35.0 Å². The van der Waals surface area contributed by atoms with Crippen molar-refractivity contribution in [2.75, 3.05) is 0 Å². The Bertz CT molecular complexity index is 599. The van der Waals surface area contributed by atoms with Crippen molar-refractivity contribution < 1.29 is 0 Å². The number of nitrogens with one attached hydrogen (secondary N) is 1. The summed E-state index contributed by atoms with van der Waals surface area (Å²) < 4.78 is 0. The van der Waals surface area contributed by atoms with Crippen LogP contribution in [0.5, 0.6) is 0 Å². The van der Waals surface area contributed by atoms with Crippen molar-refractivity contribution >= 4 is 22.4 Å². The Balaban J connectivity index is 2.18. The predicted octanol–water partition coefficient (Wildman–Crippen LogP) is 3.30. The van der Waals surface area contributed by atoms with Crippen LogP contribution >= 0.6 is 11.3 Å². The fourth-order valence-electron chi connectivity index (χ4n) is 1.66. The minimum absolute atomic E-state index is 0.934. The molecule has 3 aromatic rings. The van der Waals surface area contributed by atoms with Crippen molar-refractivity contribution in [3.63, 3.8) is 0 Å². The molecule has 0 aliphatic heterocycles. The average molecular weight is 229 g/mol. The molecule has 1 N–H and O–H groups in total. The van der Waals surface area contributed by atoms with Crippen LogP contribution in [0.4, 0.5) is 0 Å². The lowest BCUT2D eigenvalue weighted by Gasteiger charge is -1.86. The van der Waals surface area contributed by atoms with E-state index < -0.39 is 0 Å². The van der Waals surface area contributed by atoms with Crippen molar-refractivity contribution in [2.45, 2.75) is 13.8 Å². The summed E-state index contributed by atoms with van der Waals surface area (Å²) in [6.45, 7) is 4.26. The van der Waals surface area contributed by atoms with E-state index in [-0.39, 0.29) is 0 Å². The highest BCUT2D eigenvalue weighted by Gasteiger charge is 2.08. The van der Waals surface area contributed by atoms with Gasteiger partial charge in [-0.25, -0.2) is 4.98 Å². The van der Waals surface area contributed by atoms with Crippen LogP contribution in [-0.4, -0.2) is 15.0 Å².